The molecular weight excluding hydrogens is 358 g/mol. The lowest BCUT2D eigenvalue weighted by atomic mass is 9.82. The zero-order valence-electron chi connectivity index (χ0n) is 17.3. The standard InChI is InChI=1S/C20H35N5O3/c1-17(19(27)23-20(16-21)7-4-3-5-8-20)25-12-10-24(11-13-25)15-18(26)22-9-6-14-28-2/h17H,3-15H2,1-2H3,(H,22,26)(H,23,27). The quantitative estimate of drug-likeness (QED) is 0.553. The first-order valence-electron chi connectivity index (χ1n) is 10.4. The van der Waals surface area contributed by atoms with Gasteiger partial charge in [0.25, 0.3) is 0 Å². The molecule has 2 fully saturated rings. The van der Waals surface area contributed by atoms with E-state index in [0.29, 0.717) is 19.7 Å². The largest absolute Gasteiger partial charge is 0.385 e. The number of methoxy groups -OCH3 is 1. The third kappa shape index (κ3) is 6.73. The highest BCUT2D eigenvalue weighted by Gasteiger charge is 2.36. The van der Waals surface area contributed by atoms with Crippen LogP contribution in [0.15, 0.2) is 0 Å². The highest BCUT2D eigenvalue weighted by Crippen LogP contribution is 2.27. The van der Waals surface area contributed by atoms with E-state index in [4.69, 9.17) is 4.74 Å². The van der Waals surface area contributed by atoms with Crippen molar-refractivity contribution < 1.29 is 14.3 Å². The Bertz CT molecular complexity index is 549. The summed E-state index contributed by atoms with van der Waals surface area (Å²) in [6.07, 6.45) is 5.43. The molecule has 2 amide bonds. The van der Waals surface area contributed by atoms with Gasteiger partial charge in [0.2, 0.25) is 11.8 Å². The fraction of sp³-hybridized carbons (Fsp3) is 0.850. The molecule has 0 aromatic rings. The van der Waals surface area contributed by atoms with E-state index in [9.17, 15) is 14.9 Å². The first-order valence-corrected chi connectivity index (χ1v) is 10.4. The fourth-order valence-electron chi connectivity index (χ4n) is 3.94. The maximum atomic E-state index is 12.7. The van der Waals surface area contributed by atoms with Crippen molar-refractivity contribution in [2.75, 3.05) is 53.0 Å². The smallest absolute Gasteiger partial charge is 0.238 e. The number of ether oxygens (including phenoxy) is 1. The second kappa shape index (κ2) is 11.3. The lowest BCUT2D eigenvalue weighted by molar-refractivity contribution is -0.129. The number of hydrogen-bond acceptors (Lipinski definition) is 6. The van der Waals surface area contributed by atoms with E-state index in [0.717, 1.165) is 64.7 Å². The van der Waals surface area contributed by atoms with Gasteiger partial charge in [0.1, 0.15) is 5.54 Å². The van der Waals surface area contributed by atoms with Crippen molar-refractivity contribution in [3.8, 4) is 6.07 Å². The van der Waals surface area contributed by atoms with E-state index in [2.05, 4.69) is 26.5 Å². The van der Waals surface area contributed by atoms with Crippen molar-refractivity contribution in [1.29, 1.82) is 5.26 Å². The zero-order chi connectivity index (χ0) is 20.4. The van der Waals surface area contributed by atoms with Crippen molar-refractivity contribution in [2.24, 2.45) is 0 Å². The monoisotopic (exact) mass is 393 g/mol. The highest BCUT2D eigenvalue weighted by molar-refractivity contribution is 5.82. The number of rotatable bonds is 9. The van der Waals surface area contributed by atoms with E-state index in [1.807, 2.05) is 6.92 Å². The van der Waals surface area contributed by atoms with E-state index >= 15 is 0 Å². The summed E-state index contributed by atoms with van der Waals surface area (Å²) < 4.78 is 4.97. The molecule has 2 N–H and O–H groups in total. The maximum Gasteiger partial charge on any atom is 0.238 e. The number of nitrogens with zero attached hydrogens (tertiary/aromatic N) is 3. The highest BCUT2D eigenvalue weighted by atomic mass is 16.5. The van der Waals surface area contributed by atoms with E-state index in [-0.39, 0.29) is 17.9 Å². The normalized spacial score (nSPS) is 21.5. The predicted octanol–water partition coefficient (Wildman–Crippen LogP) is 0.488. The SMILES string of the molecule is COCCCNC(=O)CN1CCN(C(C)C(=O)NC2(C#N)CCCCC2)CC1. The third-order valence-corrected chi connectivity index (χ3v) is 5.83. The molecule has 1 saturated carbocycles. The van der Waals surface area contributed by atoms with Crippen molar-refractivity contribution in [1.82, 2.24) is 20.4 Å². The van der Waals surface area contributed by atoms with Crippen LogP contribution in [0.3, 0.4) is 0 Å². The molecule has 1 atom stereocenters. The van der Waals surface area contributed by atoms with Gasteiger partial charge in [-0.15, -0.1) is 0 Å². The Morgan fingerprint density at radius 2 is 1.86 bits per heavy atom. The van der Waals surface area contributed by atoms with Crippen LogP contribution in [-0.2, 0) is 14.3 Å². The van der Waals surface area contributed by atoms with Crippen LogP contribution in [-0.4, -0.2) is 86.2 Å². The topological polar surface area (TPSA) is 97.7 Å². The van der Waals surface area contributed by atoms with Crippen LogP contribution in [0.4, 0.5) is 0 Å². The van der Waals surface area contributed by atoms with Crippen molar-refractivity contribution in [3.63, 3.8) is 0 Å². The van der Waals surface area contributed by atoms with Crippen LogP contribution in [0, 0.1) is 11.3 Å². The fourth-order valence-corrected chi connectivity index (χ4v) is 3.94. The third-order valence-electron chi connectivity index (χ3n) is 5.83. The lowest BCUT2D eigenvalue weighted by Gasteiger charge is -2.39. The van der Waals surface area contributed by atoms with E-state index in [1.54, 1.807) is 7.11 Å². The molecule has 8 heteroatoms. The molecule has 2 aliphatic rings. The number of amides is 2. The molecule has 2 rings (SSSR count). The number of carbonyl (C=O) groups is 2. The molecule has 0 aromatic heterocycles. The molecular formula is C20H35N5O3. The number of nitrogens with one attached hydrogen (secondary N) is 2. The maximum absolute atomic E-state index is 12.7. The number of carbonyl (C=O) groups excluding carboxylic acids is 2. The first kappa shape index (κ1) is 22.6. The molecule has 0 aromatic carbocycles. The van der Waals surface area contributed by atoms with Gasteiger partial charge >= 0.3 is 0 Å². The Hall–Kier alpha value is -1.69. The predicted molar refractivity (Wildman–Crippen MR) is 107 cm³/mol. The van der Waals surface area contributed by atoms with Gasteiger partial charge in [-0.25, -0.2) is 0 Å². The van der Waals surface area contributed by atoms with Gasteiger partial charge in [-0.3, -0.25) is 19.4 Å². The van der Waals surface area contributed by atoms with Crippen LogP contribution in [0.2, 0.25) is 0 Å². The van der Waals surface area contributed by atoms with Crippen LogP contribution >= 0.6 is 0 Å². The lowest BCUT2D eigenvalue weighted by Crippen LogP contribution is -2.58. The summed E-state index contributed by atoms with van der Waals surface area (Å²) in [5.74, 6) is -0.0311. The second-order valence-corrected chi connectivity index (χ2v) is 7.93. The van der Waals surface area contributed by atoms with Crippen LogP contribution in [0.1, 0.15) is 45.4 Å². The van der Waals surface area contributed by atoms with Crippen molar-refractivity contribution in [2.45, 2.75) is 57.0 Å². The molecule has 1 saturated heterocycles. The molecule has 1 aliphatic carbocycles. The summed E-state index contributed by atoms with van der Waals surface area (Å²) in [7, 11) is 1.65. The molecule has 8 nitrogen and oxygen atoms in total. The summed E-state index contributed by atoms with van der Waals surface area (Å²) in [5, 5.41) is 15.5. The molecule has 1 heterocycles. The number of hydrogen-bond donors (Lipinski definition) is 2. The minimum Gasteiger partial charge on any atom is -0.385 e. The van der Waals surface area contributed by atoms with Crippen LogP contribution in [0.5, 0.6) is 0 Å². The van der Waals surface area contributed by atoms with Gasteiger partial charge in [-0.1, -0.05) is 19.3 Å². The Balaban J connectivity index is 1.72. The van der Waals surface area contributed by atoms with Gasteiger partial charge in [-0.2, -0.15) is 5.26 Å². The molecule has 0 spiro atoms. The number of nitriles is 1. The van der Waals surface area contributed by atoms with Gasteiger partial charge in [0, 0.05) is 46.4 Å². The molecule has 1 unspecified atom stereocenters. The molecule has 0 radical (unpaired) electrons. The zero-order valence-corrected chi connectivity index (χ0v) is 17.3. The summed E-state index contributed by atoms with van der Waals surface area (Å²) in [6, 6.07) is 2.08. The molecule has 158 valence electrons. The minimum absolute atomic E-state index is 0.0311. The summed E-state index contributed by atoms with van der Waals surface area (Å²) in [4.78, 5) is 29.0. The van der Waals surface area contributed by atoms with Gasteiger partial charge in [0.05, 0.1) is 18.7 Å². The van der Waals surface area contributed by atoms with Crippen LogP contribution < -0.4 is 10.6 Å². The average molecular weight is 394 g/mol. The minimum atomic E-state index is -0.688. The van der Waals surface area contributed by atoms with Crippen molar-refractivity contribution in [3.05, 3.63) is 0 Å². The second-order valence-electron chi connectivity index (χ2n) is 7.93. The van der Waals surface area contributed by atoms with Gasteiger partial charge in [0.15, 0.2) is 0 Å². The first-order chi connectivity index (χ1) is 13.5. The summed E-state index contributed by atoms with van der Waals surface area (Å²) in [5.41, 5.74) is -0.688. The summed E-state index contributed by atoms with van der Waals surface area (Å²) in [6.45, 7) is 6.56. The van der Waals surface area contributed by atoms with E-state index in [1.165, 1.54) is 0 Å². The Kier molecular flexibility index (Phi) is 9.16. The molecule has 28 heavy (non-hydrogen) atoms. The number of piperazine rings is 1. The average Bonchev–Trinajstić information content (AvgIpc) is 2.72. The van der Waals surface area contributed by atoms with Gasteiger partial charge in [-0.05, 0) is 26.2 Å². The van der Waals surface area contributed by atoms with Gasteiger partial charge < -0.3 is 15.4 Å². The van der Waals surface area contributed by atoms with Crippen LogP contribution in [0.25, 0.3) is 0 Å². The molecule has 0 bridgehead atoms. The Morgan fingerprint density at radius 3 is 2.46 bits per heavy atom. The molecule has 1 aliphatic heterocycles. The van der Waals surface area contributed by atoms with Crippen molar-refractivity contribution >= 4 is 11.8 Å². The van der Waals surface area contributed by atoms with E-state index < -0.39 is 5.54 Å². The Morgan fingerprint density at radius 1 is 1.18 bits per heavy atom. The summed E-state index contributed by atoms with van der Waals surface area (Å²) >= 11 is 0. The Labute approximate surface area is 168 Å².